The van der Waals surface area contributed by atoms with Crippen molar-refractivity contribution in [3.05, 3.63) is 65.4 Å². The second kappa shape index (κ2) is 9.43. The number of aromatic hydroxyl groups is 1. The van der Waals surface area contributed by atoms with E-state index in [0.717, 1.165) is 16.5 Å². The van der Waals surface area contributed by atoms with Gasteiger partial charge in [-0.05, 0) is 60.9 Å². The van der Waals surface area contributed by atoms with Crippen molar-refractivity contribution in [1.29, 1.82) is 0 Å². The fourth-order valence-electron chi connectivity index (χ4n) is 4.69. The summed E-state index contributed by atoms with van der Waals surface area (Å²) in [5.74, 6) is 2.71. The maximum atomic E-state index is 12.2. The average molecular weight is 479 g/mol. The standard InChI is InChI=1S/C28H30O7/c1-7-28(30,18-14-22(32-4)27(34-6)23(15-18)33-5)25-16(2)35-26-20(25)12-13-21(31-3)24(26)17-8-10-19(29)11-9-17/h8-15,29-30H,7H2,1-6H3. The van der Waals surface area contributed by atoms with Crippen LogP contribution in [-0.2, 0) is 5.60 Å². The molecule has 2 N–H and O–H groups in total. The Morgan fingerprint density at radius 3 is 1.94 bits per heavy atom. The number of hydrogen-bond donors (Lipinski definition) is 2. The third-order valence-corrected chi connectivity index (χ3v) is 6.44. The number of aliphatic hydroxyl groups is 1. The van der Waals surface area contributed by atoms with Gasteiger partial charge in [0.25, 0.3) is 0 Å². The minimum Gasteiger partial charge on any atom is -0.508 e. The lowest BCUT2D eigenvalue weighted by atomic mass is 9.82. The van der Waals surface area contributed by atoms with Gasteiger partial charge in [0.1, 0.15) is 28.4 Å². The maximum absolute atomic E-state index is 12.2. The van der Waals surface area contributed by atoms with Crippen LogP contribution in [0.4, 0.5) is 0 Å². The predicted octanol–water partition coefficient (Wildman–Crippen LogP) is 5.79. The van der Waals surface area contributed by atoms with Crippen molar-refractivity contribution in [2.24, 2.45) is 0 Å². The first-order valence-corrected chi connectivity index (χ1v) is 11.3. The summed E-state index contributed by atoms with van der Waals surface area (Å²) < 4.78 is 28.5. The molecule has 4 aromatic rings. The summed E-state index contributed by atoms with van der Waals surface area (Å²) in [5.41, 5.74) is 1.96. The zero-order valence-electron chi connectivity index (χ0n) is 20.8. The Morgan fingerprint density at radius 2 is 1.43 bits per heavy atom. The van der Waals surface area contributed by atoms with E-state index in [2.05, 4.69) is 0 Å². The number of fused-ring (bicyclic) bond motifs is 1. The second-order valence-corrected chi connectivity index (χ2v) is 8.23. The van der Waals surface area contributed by atoms with Crippen molar-refractivity contribution in [3.8, 4) is 39.9 Å². The van der Waals surface area contributed by atoms with Gasteiger partial charge >= 0.3 is 0 Å². The smallest absolute Gasteiger partial charge is 0.203 e. The van der Waals surface area contributed by atoms with E-state index in [0.29, 0.717) is 51.9 Å². The second-order valence-electron chi connectivity index (χ2n) is 8.23. The fraction of sp³-hybridized carbons (Fsp3) is 0.286. The number of aryl methyl sites for hydroxylation is 1. The Bertz CT molecular complexity index is 1330. The Labute approximate surface area is 204 Å². The van der Waals surface area contributed by atoms with Crippen LogP contribution in [0.3, 0.4) is 0 Å². The molecule has 1 unspecified atom stereocenters. The third kappa shape index (κ3) is 3.91. The van der Waals surface area contributed by atoms with Crippen LogP contribution in [0.5, 0.6) is 28.7 Å². The van der Waals surface area contributed by atoms with E-state index in [1.54, 1.807) is 57.7 Å². The van der Waals surface area contributed by atoms with Crippen molar-refractivity contribution in [3.63, 3.8) is 0 Å². The molecule has 0 aliphatic heterocycles. The van der Waals surface area contributed by atoms with E-state index in [9.17, 15) is 10.2 Å². The van der Waals surface area contributed by atoms with E-state index in [-0.39, 0.29) is 5.75 Å². The van der Waals surface area contributed by atoms with Crippen LogP contribution < -0.4 is 18.9 Å². The van der Waals surface area contributed by atoms with Crippen molar-refractivity contribution in [1.82, 2.24) is 0 Å². The molecule has 0 aliphatic carbocycles. The van der Waals surface area contributed by atoms with E-state index >= 15 is 0 Å². The number of methoxy groups -OCH3 is 4. The average Bonchev–Trinajstić information content (AvgIpc) is 3.23. The molecule has 3 aromatic carbocycles. The molecule has 1 heterocycles. The lowest BCUT2D eigenvalue weighted by Gasteiger charge is -2.29. The highest BCUT2D eigenvalue weighted by atomic mass is 16.5. The molecule has 1 atom stereocenters. The zero-order valence-corrected chi connectivity index (χ0v) is 20.8. The van der Waals surface area contributed by atoms with Gasteiger partial charge in [-0.25, -0.2) is 0 Å². The van der Waals surface area contributed by atoms with Crippen LogP contribution in [0.2, 0.25) is 0 Å². The van der Waals surface area contributed by atoms with E-state index in [1.807, 2.05) is 26.0 Å². The molecule has 7 nitrogen and oxygen atoms in total. The van der Waals surface area contributed by atoms with Crippen molar-refractivity contribution in [2.75, 3.05) is 28.4 Å². The van der Waals surface area contributed by atoms with Gasteiger partial charge in [0.05, 0.1) is 34.0 Å². The first-order valence-electron chi connectivity index (χ1n) is 11.3. The summed E-state index contributed by atoms with van der Waals surface area (Å²) in [6.45, 7) is 3.74. The number of phenols is 1. The molecule has 0 amide bonds. The van der Waals surface area contributed by atoms with Gasteiger partial charge in [-0.3, -0.25) is 0 Å². The molecule has 0 fully saturated rings. The van der Waals surface area contributed by atoms with Crippen molar-refractivity contribution >= 4 is 11.0 Å². The lowest BCUT2D eigenvalue weighted by Crippen LogP contribution is -2.27. The zero-order chi connectivity index (χ0) is 25.3. The Morgan fingerprint density at radius 1 is 0.829 bits per heavy atom. The third-order valence-electron chi connectivity index (χ3n) is 6.44. The number of benzene rings is 3. The van der Waals surface area contributed by atoms with Gasteiger partial charge in [-0.1, -0.05) is 19.1 Å². The molecule has 7 heteroatoms. The van der Waals surface area contributed by atoms with Gasteiger partial charge in [-0.15, -0.1) is 0 Å². The molecule has 0 aliphatic rings. The lowest BCUT2D eigenvalue weighted by molar-refractivity contribution is 0.0756. The van der Waals surface area contributed by atoms with Crippen molar-refractivity contribution < 1.29 is 33.6 Å². The van der Waals surface area contributed by atoms with Crippen LogP contribution in [0, 0.1) is 6.92 Å². The minimum absolute atomic E-state index is 0.166. The highest BCUT2D eigenvalue weighted by Gasteiger charge is 2.37. The van der Waals surface area contributed by atoms with Gasteiger partial charge in [-0.2, -0.15) is 0 Å². The number of ether oxygens (including phenoxy) is 4. The molecule has 1 aromatic heterocycles. The monoisotopic (exact) mass is 478 g/mol. The maximum Gasteiger partial charge on any atom is 0.203 e. The first kappa shape index (κ1) is 24.3. The topological polar surface area (TPSA) is 90.5 Å². The molecule has 0 saturated carbocycles. The number of rotatable bonds is 8. The predicted molar refractivity (Wildman–Crippen MR) is 134 cm³/mol. The Balaban J connectivity index is 2.01. The highest BCUT2D eigenvalue weighted by molar-refractivity contribution is 5.99. The molecule has 0 saturated heterocycles. The first-order chi connectivity index (χ1) is 16.8. The number of furan rings is 1. The molecule has 184 valence electrons. The quantitative estimate of drug-likeness (QED) is 0.331. The minimum atomic E-state index is -1.41. The Hall–Kier alpha value is -3.84. The van der Waals surface area contributed by atoms with Crippen LogP contribution in [0.1, 0.15) is 30.2 Å². The molecule has 4 rings (SSSR count). The van der Waals surface area contributed by atoms with Crippen molar-refractivity contribution in [2.45, 2.75) is 25.9 Å². The summed E-state index contributed by atoms with van der Waals surface area (Å²) in [5, 5.41) is 22.7. The SMILES string of the molecule is CCC(O)(c1cc(OC)c(OC)c(OC)c1)c1c(C)oc2c(-c3ccc(O)cc3)c(OC)ccc12. The van der Waals surface area contributed by atoms with Gasteiger partial charge in [0, 0.05) is 10.9 Å². The summed E-state index contributed by atoms with van der Waals surface area (Å²) in [6, 6.07) is 14.1. The largest absolute Gasteiger partial charge is 0.508 e. The van der Waals surface area contributed by atoms with Crippen LogP contribution >= 0.6 is 0 Å². The number of hydrogen-bond acceptors (Lipinski definition) is 7. The molecular formula is C28H30O7. The number of phenolic OH excluding ortho intramolecular Hbond substituents is 1. The van der Waals surface area contributed by atoms with Gasteiger partial charge in [0.2, 0.25) is 5.75 Å². The van der Waals surface area contributed by atoms with Crippen LogP contribution in [0.25, 0.3) is 22.1 Å². The molecule has 0 bridgehead atoms. The molecular weight excluding hydrogens is 448 g/mol. The van der Waals surface area contributed by atoms with Crippen LogP contribution in [-0.4, -0.2) is 38.7 Å². The van der Waals surface area contributed by atoms with E-state index < -0.39 is 5.60 Å². The molecule has 0 spiro atoms. The molecule has 0 radical (unpaired) electrons. The van der Waals surface area contributed by atoms with E-state index in [4.69, 9.17) is 23.4 Å². The highest BCUT2D eigenvalue weighted by Crippen LogP contribution is 2.49. The normalized spacial score (nSPS) is 12.9. The van der Waals surface area contributed by atoms with Crippen LogP contribution in [0.15, 0.2) is 52.9 Å². The summed E-state index contributed by atoms with van der Waals surface area (Å²) >= 11 is 0. The van der Waals surface area contributed by atoms with E-state index in [1.165, 1.54) is 7.11 Å². The summed E-state index contributed by atoms with van der Waals surface area (Å²) in [4.78, 5) is 0. The summed E-state index contributed by atoms with van der Waals surface area (Å²) in [6.07, 6.45) is 0.363. The Kier molecular flexibility index (Phi) is 6.54. The van der Waals surface area contributed by atoms with Gasteiger partial charge in [0.15, 0.2) is 11.5 Å². The van der Waals surface area contributed by atoms with Gasteiger partial charge < -0.3 is 33.6 Å². The fourth-order valence-corrected chi connectivity index (χ4v) is 4.69. The molecule has 35 heavy (non-hydrogen) atoms. The summed E-state index contributed by atoms with van der Waals surface area (Å²) in [7, 11) is 6.22.